The first kappa shape index (κ1) is 20.6. The Bertz CT molecular complexity index is 1330. The molecular formula is C25H27N5O2. The fourth-order valence-corrected chi connectivity index (χ4v) is 4.46. The number of fused-ring (bicyclic) bond motifs is 2. The Balaban J connectivity index is 1.52. The van der Waals surface area contributed by atoms with Crippen molar-refractivity contribution in [3.05, 3.63) is 79.9 Å². The Morgan fingerprint density at radius 1 is 0.875 bits per heavy atom. The van der Waals surface area contributed by atoms with Crippen LogP contribution in [0.2, 0.25) is 0 Å². The Hall–Kier alpha value is -3.32. The Kier molecular flexibility index (Phi) is 5.13. The highest BCUT2D eigenvalue weighted by Crippen LogP contribution is 2.36. The van der Waals surface area contributed by atoms with Crippen molar-refractivity contribution in [3.8, 4) is 0 Å². The first-order valence-electron chi connectivity index (χ1n) is 11.1. The summed E-state index contributed by atoms with van der Waals surface area (Å²) in [6.07, 6.45) is 2.39. The Labute approximate surface area is 185 Å². The summed E-state index contributed by atoms with van der Waals surface area (Å²) >= 11 is 0. The van der Waals surface area contributed by atoms with Gasteiger partial charge >= 0.3 is 0 Å². The first-order valence-corrected chi connectivity index (χ1v) is 11.1. The smallest absolute Gasteiger partial charge is 0.258 e. The van der Waals surface area contributed by atoms with Gasteiger partial charge in [-0.2, -0.15) is 0 Å². The van der Waals surface area contributed by atoms with Gasteiger partial charge in [0.05, 0.1) is 34.9 Å². The van der Waals surface area contributed by atoms with Gasteiger partial charge in [-0.05, 0) is 62.8 Å². The van der Waals surface area contributed by atoms with E-state index >= 15 is 0 Å². The molecule has 2 N–H and O–H groups in total. The first-order chi connectivity index (χ1) is 15.4. The average Bonchev–Trinajstić information content (AvgIpc) is 3.60. The van der Waals surface area contributed by atoms with E-state index in [1.807, 2.05) is 38.1 Å². The van der Waals surface area contributed by atoms with E-state index in [0.717, 1.165) is 22.2 Å². The number of H-pyrrole nitrogens is 2. The number of para-hydroxylation sites is 2. The van der Waals surface area contributed by atoms with E-state index in [4.69, 9.17) is 9.97 Å². The van der Waals surface area contributed by atoms with Crippen LogP contribution < -0.4 is 11.1 Å². The molecule has 0 spiro atoms. The molecule has 0 radical (unpaired) electrons. The maximum Gasteiger partial charge on any atom is 0.258 e. The third-order valence-corrected chi connectivity index (χ3v) is 6.56. The molecule has 2 heterocycles. The van der Waals surface area contributed by atoms with Gasteiger partial charge in [-0.25, -0.2) is 9.97 Å². The molecule has 164 valence electrons. The molecule has 1 saturated carbocycles. The normalized spacial score (nSPS) is 15.0. The molecule has 2 aromatic carbocycles. The molecular weight excluding hydrogens is 402 g/mol. The molecule has 7 heteroatoms. The zero-order valence-electron chi connectivity index (χ0n) is 18.6. The summed E-state index contributed by atoms with van der Waals surface area (Å²) in [5.41, 5.74) is 3.18. The second-order valence-electron chi connectivity index (χ2n) is 8.95. The minimum atomic E-state index is -0.124. The van der Waals surface area contributed by atoms with E-state index in [1.165, 1.54) is 12.8 Å². The molecule has 4 aromatic rings. The lowest BCUT2D eigenvalue weighted by Crippen LogP contribution is -2.36. The van der Waals surface area contributed by atoms with Crippen molar-refractivity contribution >= 4 is 21.8 Å². The second kappa shape index (κ2) is 7.98. The number of aryl methyl sites for hydroxylation is 2. The van der Waals surface area contributed by atoms with Crippen LogP contribution in [0.5, 0.6) is 0 Å². The Morgan fingerprint density at radius 2 is 1.34 bits per heavy atom. The monoisotopic (exact) mass is 429 g/mol. The SMILES string of the molecule is Cc1cccc2c(=O)[nH]c(CN(Cc3nc4c(C)cccc4c(=O)[nH]3)[C@@H](C)C3CC3)nc12. The van der Waals surface area contributed by atoms with Crippen LogP contribution >= 0.6 is 0 Å². The predicted octanol–water partition coefficient (Wildman–Crippen LogP) is 3.58. The van der Waals surface area contributed by atoms with Crippen molar-refractivity contribution < 1.29 is 0 Å². The van der Waals surface area contributed by atoms with Crippen LogP contribution in [-0.2, 0) is 13.1 Å². The van der Waals surface area contributed by atoms with Gasteiger partial charge in [-0.15, -0.1) is 0 Å². The quantitative estimate of drug-likeness (QED) is 0.489. The third kappa shape index (κ3) is 3.84. The van der Waals surface area contributed by atoms with Gasteiger partial charge in [0.15, 0.2) is 0 Å². The van der Waals surface area contributed by atoms with Gasteiger partial charge in [0, 0.05) is 6.04 Å². The number of aromatic amines is 2. The second-order valence-corrected chi connectivity index (χ2v) is 8.95. The van der Waals surface area contributed by atoms with Crippen molar-refractivity contribution in [2.24, 2.45) is 5.92 Å². The summed E-state index contributed by atoms with van der Waals surface area (Å²) in [4.78, 5) is 43.0. The van der Waals surface area contributed by atoms with Crippen molar-refractivity contribution in [3.63, 3.8) is 0 Å². The van der Waals surface area contributed by atoms with Crippen LogP contribution in [0.4, 0.5) is 0 Å². The standard InChI is InChI=1S/C25H27N5O2/c1-14-6-4-8-18-22(14)26-20(28-24(18)31)12-30(16(3)17-10-11-17)13-21-27-23-15(2)7-5-9-19(23)25(32)29-21/h4-9,16-17H,10-13H2,1-3H3,(H,26,28,31)(H,27,29,32)/t16-/m0/s1. The fraction of sp³-hybridized carbons (Fsp3) is 0.360. The van der Waals surface area contributed by atoms with Crippen LogP contribution in [0.3, 0.4) is 0 Å². The van der Waals surface area contributed by atoms with Gasteiger partial charge in [-0.3, -0.25) is 14.5 Å². The number of aromatic nitrogens is 4. The van der Waals surface area contributed by atoms with Gasteiger partial charge in [0.1, 0.15) is 11.6 Å². The van der Waals surface area contributed by atoms with Crippen LogP contribution in [0.25, 0.3) is 21.8 Å². The van der Waals surface area contributed by atoms with Crippen molar-refractivity contribution in [2.75, 3.05) is 0 Å². The predicted molar refractivity (Wildman–Crippen MR) is 126 cm³/mol. The van der Waals surface area contributed by atoms with Crippen molar-refractivity contribution in [1.29, 1.82) is 0 Å². The molecule has 1 aliphatic carbocycles. The highest BCUT2D eigenvalue weighted by Gasteiger charge is 2.32. The summed E-state index contributed by atoms with van der Waals surface area (Å²) in [6.45, 7) is 7.09. The number of benzene rings is 2. The van der Waals surface area contributed by atoms with Crippen LogP contribution in [0.1, 0.15) is 42.5 Å². The molecule has 0 aliphatic heterocycles. The molecule has 2 aromatic heterocycles. The average molecular weight is 430 g/mol. The molecule has 0 saturated heterocycles. The van der Waals surface area contributed by atoms with E-state index in [0.29, 0.717) is 41.4 Å². The summed E-state index contributed by atoms with van der Waals surface area (Å²) in [5, 5.41) is 1.21. The summed E-state index contributed by atoms with van der Waals surface area (Å²) in [6, 6.07) is 11.6. The van der Waals surface area contributed by atoms with E-state index in [1.54, 1.807) is 12.1 Å². The topological polar surface area (TPSA) is 94.7 Å². The maximum atomic E-state index is 12.7. The maximum absolute atomic E-state index is 12.7. The molecule has 7 nitrogen and oxygen atoms in total. The molecule has 1 aliphatic rings. The van der Waals surface area contributed by atoms with E-state index in [2.05, 4.69) is 21.8 Å². The van der Waals surface area contributed by atoms with E-state index in [-0.39, 0.29) is 17.2 Å². The zero-order valence-corrected chi connectivity index (χ0v) is 18.6. The van der Waals surface area contributed by atoms with Crippen LogP contribution in [0, 0.1) is 19.8 Å². The lowest BCUT2D eigenvalue weighted by molar-refractivity contribution is 0.163. The summed E-state index contributed by atoms with van der Waals surface area (Å²) < 4.78 is 0. The van der Waals surface area contributed by atoms with Crippen molar-refractivity contribution in [2.45, 2.75) is 52.7 Å². The third-order valence-electron chi connectivity index (χ3n) is 6.56. The highest BCUT2D eigenvalue weighted by molar-refractivity contribution is 5.81. The molecule has 0 amide bonds. The lowest BCUT2D eigenvalue weighted by atomic mass is 10.1. The summed E-state index contributed by atoms with van der Waals surface area (Å²) in [5.74, 6) is 1.87. The van der Waals surface area contributed by atoms with Crippen LogP contribution in [0.15, 0.2) is 46.0 Å². The minimum absolute atomic E-state index is 0.124. The molecule has 1 fully saturated rings. The van der Waals surface area contributed by atoms with E-state index in [9.17, 15) is 9.59 Å². The number of nitrogens with zero attached hydrogens (tertiary/aromatic N) is 3. The van der Waals surface area contributed by atoms with E-state index < -0.39 is 0 Å². The lowest BCUT2D eigenvalue weighted by Gasteiger charge is -2.28. The van der Waals surface area contributed by atoms with Crippen molar-refractivity contribution in [1.82, 2.24) is 24.8 Å². The Morgan fingerprint density at radius 3 is 1.78 bits per heavy atom. The minimum Gasteiger partial charge on any atom is -0.309 e. The number of nitrogens with one attached hydrogen (secondary N) is 2. The van der Waals surface area contributed by atoms with Gasteiger partial charge in [0.2, 0.25) is 0 Å². The number of hydrogen-bond acceptors (Lipinski definition) is 5. The zero-order chi connectivity index (χ0) is 22.4. The molecule has 0 unspecified atom stereocenters. The van der Waals surface area contributed by atoms with Gasteiger partial charge in [-0.1, -0.05) is 24.3 Å². The number of hydrogen-bond donors (Lipinski definition) is 2. The highest BCUT2D eigenvalue weighted by atomic mass is 16.1. The van der Waals surface area contributed by atoms with Gasteiger partial charge in [0.25, 0.3) is 11.1 Å². The largest absolute Gasteiger partial charge is 0.309 e. The molecule has 32 heavy (non-hydrogen) atoms. The molecule has 5 rings (SSSR count). The molecule has 0 bridgehead atoms. The summed E-state index contributed by atoms with van der Waals surface area (Å²) in [7, 11) is 0. The molecule has 1 atom stereocenters. The van der Waals surface area contributed by atoms with Crippen LogP contribution in [-0.4, -0.2) is 30.9 Å². The van der Waals surface area contributed by atoms with Gasteiger partial charge < -0.3 is 9.97 Å². The fourth-order valence-electron chi connectivity index (χ4n) is 4.46. The number of rotatable bonds is 6.